The van der Waals surface area contributed by atoms with Crippen LogP contribution in [0.15, 0.2) is 41.3 Å². The standard InChI is InChI=1S/C25H22F2N4O2/c1-25(2,24(28)33)12-16-8-9-17(26)21(22(16)27)23-30-19(11-20(32)31-23)18-10-7-15(13-29-18)6-5-14-3-4-14/h7-11,13-14H,3-4,12H2,1-2H3,(H2,28,33)(H,30,31,32). The molecule has 3 aromatic rings. The minimum Gasteiger partial charge on any atom is -0.369 e. The van der Waals surface area contributed by atoms with Crippen molar-refractivity contribution in [1.29, 1.82) is 0 Å². The molecule has 1 saturated carbocycles. The number of aromatic amines is 1. The second kappa shape index (κ2) is 8.58. The van der Waals surface area contributed by atoms with Gasteiger partial charge in [-0.1, -0.05) is 31.8 Å². The lowest BCUT2D eigenvalue weighted by atomic mass is 9.84. The maximum absolute atomic E-state index is 15.3. The number of benzene rings is 1. The molecule has 0 saturated heterocycles. The molecule has 8 heteroatoms. The van der Waals surface area contributed by atoms with E-state index in [1.165, 1.54) is 12.1 Å². The number of halogens is 2. The summed E-state index contributed by atoms with van der Waals surface area (Å²) in [5.74, 6) is 3.95. The van der Waals surface area contributed by atoms with Crippen LogP contribution >= 0.6 is 0 Å². The third-order valence-electron chi connectivity index (χ3n) is 5.47. The van der Waals surface area contributed by atoms with Gasteiger partial charge in [-0.2, -0.15) is 0 Å². The zero-order chi connectivity index (χ0) is 23.8. The summed E-state index contributed by atoms with van der Waals surface area (Å²) in [4.78, 5) is 34.9. The molecule has 1 aromatic carbocycles. The van der Waals surface area contributed by atoms with Crippen LogP contribution in [0.4, 0.5) is 8.78 Å². The number of pyridine rings is 1. The van der Waals surface area contributed by atoms with Crippen LogP contribution in [0.5, 0.6) is 0 Å². The van der Waals surface area contributed by atoms with Gasteiger partial charge in [-0.05, 0) is 43.0 Å². The highest BCUT2D eigenvalue weighted by molar-refractivity contribution is 5.80. The van der Waals surface area contributed by atoms with Crippen LogP contribution in [-0.2, 0) is 11.2 Å². The number of nitrogens with two attached hydrogens (primary N) is 1. The highest BCUT2D eigenvalue weighted by atomic mass is 19.1. The minimum atomic E-state index is -1.05. The fraction of sp³-hybridized carbons (Fsp3) is 0.280. The minimum absolute atomic E-state index is 0.0454. The van der Waals surface area contributed by atoms with Crippen molar-refractivity contribution in [3.05, 3.63) is 69.6 Å². The van der Waals surface area contributed by atoms with Gasteiger partial charge in [0.2, 0.25) is 5.91 Å². The molecule has 33 heavy (non-hydrogen) atoms. The summed E-state index contributed by atoms with van der Waals surface area (Å²) in [6, 6.07) is 6.94. The Morgan fingerprint density at radius 2 is 1.97 bits per heavy atom. The van der Waals surface area contributed by atoms with E-state index in [1.807, 2.05) is 0 Å². The zero-order valence-corrected chi connectivity index (χ0v) is 18.2. The average molecular weight is 448 g/mol. The van der Waals surface area contributed by atoms with Crippen LogP contribution in [0.3, 0.4) is 0 Å². The van der Waals surface area contributed by atoms with Crippen molar-refractivity contribution in [3.8, 4) is 34.6 Å². The summed E-state index contributed by atoms with van der Waals surface area (Å²) < 4.78 is 30.0. The van der Waals surface area contributed by atoms with Crippen molar-refractivity contribution < 1.29 is 13.6 Å². The molecule has 1 amide bonds. The fourth-order valence-corrected chi connectivity index (χ4v) is 3.25. The van der Waals surface area contributed by atoms with Crippen molar-refractivity contribution in [1.82, 2.24) is 15.0 Å². The smallest absolute Gasteiger partial charge is 0.251 e. The van der Waals surface area contributed by atoms with Crippen LogP contribution < -0.4 is 11.3 Å². The molecule has 4 rings (SSSR count). The summed E-state index contributed by atoms with van der Waals surface area (Å²) in [5.41, 5.74) is 4.61. The molecule has 2 aromatic heterocycles. The summed E-state index contributed by atoms with van der Waals surface area (Å²) in [5, 5.41) is 0. The van der Waals surface area contributed by atoms with E-state index in [1.54, 1.807) is 32.2 Å². The van der Waals surface area contributed by atoms with E-state index < -0.39 is 34.1 Å². The third kappa shape index (κ3) is 4.98. The van der Waals surface area contributed by atoms with Crippen LogP contribution in [-0.4, -0.2) is 20.9 Å². The van der Waals surface area contributed by atoms with Crippen molar-refractivity contribution in [2.45, 2.75) is 33.1 Å². The number of carbonyl (C=O) groups excluding carboxylic acids is 1. The first kappa shape index (κ1) is 22.3. The number of nitrogens with zero attached hydrogens (tertiary/aromatic N) is 2. The SMILES string of the molecule is CC(C)(Cc1ccc(F)c(-c2nc(-c3ccc(C#CC4CC4)cn3)cc(=O)[nH]2)c1F)C(N)=O. The molecule has 168 valence electrons. The first-order valence-corrected chi connectivity index (χ1v) is 10.5. The maximum atomic E-state index is 15.3. The van der Waals surface area contributed by atoms with E-state index in [9.17, 15) is 14.0 Å². The van der Waals surface area contributed by atoms with Crippen molar-refractivity contribution >= 4 is 5.91 Å². The molecule has 6 nitrogen and oxygen atoms in total. The monoisotopic (exact) mass is 448 g/mol. The van der Waals surface area contributed by atoms with Gasteiger partial charge in [-0.15, -0.1) is 0 Å². The molecule has 0 spiro atoms. The van der Waals surface area contributed by atoms with Gasteiger partial charge in [0.25, 0.3) is 5.56 Å². The Labute approximate surface area is 189 Å². The first-order valence-electron chi connectivity index (χ1n) is 10.5. The fourth-order valence-electron chi connectivity index (χ4n) is 3.25. The van der Waals surface area contributed by atoms with Crippen LogP contribution in [0.1, 0.15) is 37.8 Å². The Hall–Kier alpha value is -3.86. The number of rotatable bonds is 5. The van der Waals surface area contributed by atoms with Crippen LogP contribution in [0.25, 0.3) is 22.8 Å². The van der Waals surface area contributed by atoms with Gasteiger partial charge in [0.05, 0.1) is 17.0 Å². The number of hydrogen-bond donors (Lipinski definition) is 2. The lowest BCUT2D eigenvalue weighted by molar-refractivity contribution is -0.125. The van der Waals surface area contributed by atoms with Crippen molar-refractivity contribution in [2.24, 2.45) is 17.1 Å². The van der Waals surface area contributed by atoms with Gasteiger partial charge in [0.15, 0.2) is 0 Å². The van der Waals surface area contributed by atoms with Crippen molar-refractivity contribution in [3.63, 3.8) is 0 Å². The second-order valence-corrected chi connectivity index (χ2v) is 8.78. The van der Waals surface area contributed by atoms with Gasteiger partial charge in [0.1, 0.15) is 17.5 Å². The molecule has 1 fully saturated rings. The summed E-state index contributed by atoms with van der Waals surface area (Å²) >= 11 is 0. The first-order chi connectivity index (χ1) is 15.6. The Morgan fingerprint density at radius 1 is 1.21 bits per heavy atom. The van der Waals surface area contributed by atoms with E-state index in [0.29, 0.717) is 11.6 Å². The number of nitrogens with one attached hydrogen (secondary N) is 1. The van der Waals surface area contributed by atoms with Gasteiger partial charge >= 0.3 is 0 Å². The molecule has 0 aliphatic heterocycles. The Bertz CT molecular complexity index is 1350. The number of hydrogen-bond acceptors (Lipinski definition) is 4. The number of amides is 1. The Balaban J connectivity index is 1.72. The molecule has 0 unspecified atom stereocenters. The van der Waals surface area contributed by atoms with E-state index in [0.717, 1.165) is 24.5 Å². The molecule has 2 heterocycles. The molecule has 0 atom stereocenters. The predicted molar refractivity (Wildman–Crippen MR) is 120 cm³/mol. The summed E-state index contributed by atoms with van der Waals surface area (Å²) in [6.07, 6.45) is 3.76. The number of primary amides is 1. The molecule has 3 N–H and O–H groups in total. The van der Waals surface area contributed by atoms with Gasteiger partial charge < -0.3 is 10.7 Å². The van der Waals surface area contributed by atoms with Gasteiger partial charge in [0, 0.05) is 29.2 Å². The average Bonchev–Trinajstić information content (AvgIpc) is 3.59. The van der Waals surface area contributed by atoms with Gasteiger partial charge in [-0.25, -0.2) is 13.8 Å². The topological polar surface area (TPSA) is 102 Å². The molecular formula is C25H22F2N4O2. The van der Waals surface area contributed by atoms with E-state index in [2.05, 4.69) is 26.8 Å². The Morgan fingerprint density at radius 3 is 2.61 bits per heavy atom. The number of carbonyl (C=O) groups is 1. The van der Waals surface area contributed by atoms with E-state index in [-0.39, 0.29) is 23.5 Å². The highest BCUT2D eigenvalue weighted by Crippen LogP contribution is 2.30. The van der Waals surface area contributed by atoms with Gasteiger partial charge in [-0.3, -0.25) is 14.6 Å². The molecule has 0 radical (unpaired) electrons. The number of H-pyrrole nitrogens is 1. The normalized spacial score (nSPS) is 13.3. The molecule has 1 aliphatic rings. The quantitative estimate of drug-likeness (QED) is 0.583. The van der Waals surface area contributed by atoms with E-state index >= 15 is 4.39 Å². The lowest BCUT2D eigenvalue weighted by Crippen LogP contribution is -2.33. The largest absolute Gasteiger partial charge is 0.369 e. The predicted octanol–water partition coefficient (Wildman–Crippen LogP) is 3.59. The number of aromatic nitrogens is 3. The molecular weight excluding hydrogens is 426 g/mol. The summed E-state index contributed by atoms with van der Waals surface area (Å²) in [7, 11) is 0. The van der Waals surface area contributed by atoms with Crippen LogP contribution in [0.2, 0.25) is 0 Å². The maximum Gasteiger partial charge on any atom is 0.251 e. The zero-order valence-electron chi connectivity index (χ0n) is 18.2. The second-order valence-electron chi connectivity index (χ2n) is 8.78. The Kier molecular flexibility index (Phi) is 5.81. The van der Waals surface area contributed by atoms with Crippen LogP contribution in [0, 0.1) is 34.8 Å². The molecule has 0 bridgehead atoms. The molecule has 1 aliphatic carbocycles. The lowest BCUT2D eigenvalue weighted by Gasteiger charge is -2.21. The van der Waals surface area contributed by atoms with Crippen molar-refractivity contribution in [2.75, 3.05) is 0 Å². The third-order valence-corrected chi connectivity index (χ3v) is 5.47. The highest BCUT2D eigenvalue weighted by Gasteiger charge is 2.28. The van der Waals surface area contributed by atoms with E-state index in [4.69, 9.17) is 5.73 Å². The summed E-state index contributed by atoms with van der Waals surface area (Å²) in [6.45, 7) is 3.14.